The first-order valence-corrected chi connectivity index (χ1v) is 17.9. The molecular weight excluding hydrogens is 634 g/mol. The van der Waals surface area contributed by atoms with Crippen LogP contribution in [0.15, 0.2) is 59.5 Å². The number of β-amino-alcohol motifs (C(OH)–C–C–N with tert-alkyl or cyclic N) is 1. The molecule has 260 valence electrons. The van der Waals surface area contributed by atoms with E-state index in [-0.39, 0.29) is 29.5 Å². The van der Waals surface area contributed by atoms with Crippen molar-refractivity contribution in [2.24, 2.45) is 0 Å². The molecule has 2 heterocycles. The highest BCUT2D eigenvalue weighted by molar-refractivity contribution is 7.91. The highest BCUT2D eigenvalue weighted by Crippen LogP contribution is 2.47. The number of nitrogens with zero attached hydrogens (tertiary/aromatic N) is 3. The van der Waals surface area contributed by atoms with Gasteiger partial charge >= 0.3 is 15.9 Å². The van der Waals surface area contributed by atoms with E-state index in [4.69, 9.17) is 18.9 Å². The van der Waals surface area contributed by atoms with Gasteiger partial charge in [0.05, 0.1) is 27.2 Å². The number of likely N-dealkylation sites (N-methyl/N-ethyl adjacent to an activating group) is 1. The maximum atomic E-state index is 14.3. The Labute approximate surface area is 284 Å². The van der Waals surface area contributed by atoms with E-state index in [1.165, 1.54) is 0 Å². The third-order valence-electron chi connectivity index (χ3n) is 9.56. The monoisotopic (exact) mass is 682 g/mol. The van der Waals surface area contributed by atoms with Crippen molar-refractivity contribution < 1.29 is 37.3 Å². The Morgan fingerprint density at radius 1 is 0.917 bits per heavy atom. The summed E-state index contributed by atoms with van der Waals surface area (Å²) in [7, 11) is 0.658. The maximum absolute atomic E-state index is 14.3. The van der Waals surface area contributed by atoms with E-state index in [9.17, 15) is 18.3 Å². The molecule has 3 unspecified atom stereocenters. The van der Waals surface area contributed by atoms with E-state index in [0.29, 0.717) is 29.4 Å². The van der Waals surface area contributed by atoms with Crippen LogP contribution in [0.5, 0.6) is 23.0 Å². The fourth-order valence-corrected chi connectivity index (χ4v) is 9.23. The van der Waals surface area contributed by atoms with Crippen molar-refractivity contribution in [1.29, 1.82) is 0 Å². The van der Waals surface area contributed by atoms with Gasteiger partial charge in [0.1, 0.15) is 24.2 Å². The van der Waals surface area contributed by atoms with Gasteiger partial charge in [-0.2, -0.15) is 8.42 Å². The summed E-state index contributed by atoms with van der Waals surface area (Å²) < 4.78 is 50.2. The molecule has 3 aromatic rings. The zero-order valence-corrected chi connectivity index (χ0v) is 29.6. The minimum absolute atomic E-state index is 0.00560. The van der Waals surface area contributed by atoms with Crippen LogP contribution in [0.2, 0.25) is 0 Å². The third kappa shape index (κ3) is 6.64. The van der Waals surface area contributed by atoms with Crippen LogP contribution >= 0.6 is 0 Å². The van der Waals surface area contributed by atoms with Gasteiger partial charge in [0.15, 0.2) is 22.9 Å². The molecule has 0 bridgehead atoms. The summed E-state index contributed by atoms with van der Waals surface area (Å²) >= 11 is 0. The van der Waals surface area contributed by atoms with Crippen LogP contribution in [0.25, 0.3) is 0 Å². The lowest BCUT2D eigenvalue weighted by molar-refractivity contribution is -0.127. The molecule has 0 radical (unpaired) electrons. The number of piperazine rings is 1. The molecule has 2 aliphatic rings. The number of para-hydroxylation sites is 2. The van der Waals surface area contributed by atoms with Gasteiger partial charge in [-0.25, -0.2) is 4.79 Å². The summed E-state index contributed by atoms with van der Waals surface area (Å²) in [5, 5.41) is 11.0. The van der Waals surface area contributed by atoms with Crippen molar-refractivity contribution >= 4 is 21.6 Å². The van der Waals surface area contributed by atoms with Gasteiger partial charge in [0.2, 0.25) is 5.75 Å². The lowest BCUT2D eigenvalue weighted by atomic mass is 9.97. The number of aliphatic hydroxyl groups excluding tert-OH is 1. The second-order valence-electron chi connectivity index (χ2n) is 12.5. The van der Waals surface area contributed by atoms with Gasteiger partial charge in [0.25, 0.3) is 0 Å². The van der Waals surface area contributed by atoms with Crippen molar-refractivity contribution in [2.45, 2.75) is 44.1 Å². The number of hydrogen-bond acceptors (Lipinski definition) is 10. The summed E-state index contributed by atoms with van der Waals surface area (Å²) in [4.78, 5) is 18.8. The quantitative estimate of drug-likeness (QED) is 0.266. The summed E-state index contributed by atoms with van der Waals surface area (Å²) in [6, 6.07) is 16.0. The van der Waals surface area contributed by atoms with Crippen molar-refractivity contribution in [2.75, 3.05) is 73.7 Å². The molecule has 0 aliphatic carbocycles. The molecule has 0 spiro atoms. The van der Waals surface area contributed by atoms with Gasteiger partial charge in [-0.1, -0.05) is 24.3 Å². The number of benzene rings is 3. The molecule has 3 atom stereocenters. The lowest BCUT2D eigenvalue weighted by Crippen LogP contribution is -2.62. The van der Waals surface area contributed by atoms with Crippen molar-refractivity contribution in [3.05, 3.63) is 71.3 Å². The van der Waals surface area contributed by atoms with Gasteiger partial charge < -0.3 is 29.0 Å². The zero-order chi connectivity index (χ0) is 34.6. The molecule has 11 nitrogen and oxygen atoms in total. The number of sulfonamides is 1. The van der Waals surface area contributed by atoms with Gasteiger partial charge in [-0.15, -0.1) is 3.89 Å². The first kappa shape index (κ1) is 35.6. The summed E-state index contributed by atoms with van der Waals surface area (Å²) in [5.41, 5.74) is 2.68. The Morgan fingerprint density at radius 3 is 2.19 bits per heavy atom. The molecule has 2 aliphatic heterocycles. The van der Waals surface area contributed by atoms with E-state index >= 15 is 0 Å². The first-order chi connectivity index (χ1) is 23.0. The van der Waals surface area contributed by atoms with E-state index in [2.05, 4.69) is 9.80 Å². The topological polar surface area (TPSA) is 115 Å². The predicted molar refractivity (Wildman–Crippen MR) is 185 cm³/mol. The van der Waals surface area contributed by atoms with Crippen LogP contribution in [0, 0.1) is 6.92 Å². The molecule has 48 heavy (non-hydrogen) atoms. The minimum Gasteiger partial charge on any atom is -0.493 e. The second kappa shape index (κ2) is 14.8. The zero-order valence-electron chi connectivity index (χ0n) is 28.8. The summed E-state index contributed by atoms with van der Waals surface area (Å²) in [6.45, 7) is 9.86. The fraction of sp³-hybridized carbons (Fsp3) is 0.472. The SMILES string of the molecule is CC[N+]1(c2ccccc2OCC(O)CN2CCN(CCc3cc(OC)c(OC)c(OC)c3)CC2)C(=O)C(C)c2ccc(C)cc2S1(=O)=O. The molecular formula is C36H48N3O8S+. The number of amides is 1. The number of hydrogen-bond donors (Lipinski definition) is 1. The van der Waals surface area contributed by atoms with E-state index in [1.54, 1.807) is 71.6 Å². The summed E-state index contributed by atoms with van der Waals surface area (Å²) in [5.74, 6) is 1.09. The molecule has 1 amide bonds. The largest absolute Gasteiger partial charge is 0.493 e. The Kier molecular flexibility index (Phi) is 11.0. The number of aliphatic hydroxyl groups is 1. The van der Waals surface area contributed by atoms with Gasteiger partial charge in [-0.3, -0.25) is 4.90 Å². The van der Waals surface area contributed by atoms with Crippen molar-refractivity contribution in [1.82, 2.24) is 13.7 Å². The van der Waals surface area contributed by atoms with E-state index in [0.717, 1.165) is 50.3 Å². The number of quaternary nitrogens is 1. The Balaban J connectivity index is 1.20. The maximum Gasteiger partial charge on any atom is 0.341 e. The third-order valence-corrected chi connectivity index (χ3v) is 11.9. The molecule has 0 aromatic heterocycles. The molecule has 1 N–H and O–H groups in total. The number of rotatable bonds is 13. The van der Waals surface area contributed by atoms with Crippen LogP contribution < -0.4 is 22.8 Å². The standard InChI is InChI=1S/C36H48N3O8S/c1-7-39(36(41)26(3)29-13-12-25(2)20-34(29)48(39,42)43)30-10-8-9-11-31(30)47-24-28(40)23-38-18-16-37(17-19-38)15-14-27-21-32(44-4)35(46-6)33(22-27)45-5/h8-13,20-22,26,28,40H,7,14-19,23-24H2,1-6H3/q+1. The molecule has 5 rings (SSSR count). The van der Waals surface area contributed by atoms with Crippen LogP contribution in [-0.2, 0) is 21.2 Å². The lowest BCUT2D eigenvalue weighted by Gasteiger charge is -2.39. The van der Waals surface area contributed by atoms with Crippen molar-refractivity contribution in [3.63, 3.8) is 0 Å². The highest BCUT2D eigenvalue weighted by atomic mass is 32.2. The van der Waals surface area contributed by atoms with Crippen molar-refractivity contribution in [3.8, 4) is 23.0 Å². The van der Waals surface area contributed by atoms with Gasteiger partial charge in [0, 0.05) is 45.3 Å². The second-order valence-corrected chi connectivity index (χ2v) is 14.5. The van der Waals surface area contributed by atoms with E-state index in [1.807, 2.05) is 25.1 Å². The Morgan fingerprint density at radius 2 is 1.56 bits per heavy atom. The Hall–Kier alpha value is -3.68. The predicted octanol–water partition coefficient (Wildman–Crippen LogP) is 3.98. The van der Waals surface area contributed by atoms with Crippen LogP contribution in [-0.4, -0.2) is 109 Å². The number of fused-ring (bicyclic) bond motifs is 1. The molecule has 1 saturated heterocycles. The average molecular weight is 683 g/mol. The molecule has 0 saturated carbocycles. The van der Waals surface area contributed by atoms with Crippen LogP contribution in [0.4, 0.5) is 5.69 Å². The number of methoxy groups -OCH3 is 3. The normalized spacial score (nSPS) is 21.7. The number of aryl methyl sites for hydroxylation is 1. The van der Waals surface area contributed by atoms with Crippen LogP contribution in [0.1, 0.15) is 36.5 Å². The number of ether oxygens (including phenoxy) is 4. The molecule has 12 heteroatoms. The number of carbonyl (C=O) groups is 1. The average Bonchev–Trinajstić information content (AvgIpc) is 3.09. The van der Waals surface area contributed by atoms with Gasteiger partial charge in [-0.05, 0) is 68.1 Å². The molecule has 1 fully saturated rings. The summed E-state index contributed by atoms with van der Waals surface area (Å²) in [6.07, 6.45) is 0.0156. The Bertz CT molecular complexity index is 1700. The molecule has 3 aromatic carbocycles. The minimum atomic E-state index is -4.16. The van der Waals surface area contributed by atoms with E-state index < -0.39 is 31.8 Å². The fourth-order valence-electron chi connectivity index (χ4n) is 6.88. The smallest absolute Gasteiger partial charge is 0.341 e. The van der Waals surface area contributed by atoms with Crippen LogP contribution in [0.3, 0.4) is 0 Å². The first-order valence-electron chi connectivity index (χ1n) is 16.4. The highest BCUT2D eigenvalue weighted by Gasteiger charge is 2.59. The number of carbonyl (C=O) groups excluding carboxylic acids is 1.